The summed E-state index contributed by atoms with van der Waals surface area (Å²) in [6.07, 6.45) is 1.36. The second-order valence-corrected chi connectivity index (χ2v) is 6.74. The molecular weight excluding hydrogens is 304 g/mol. The molecule has 0 amide bonds. The van der Waals surface area contributed by atoms with E-state index in [0.29, 0.717) is 0 Å². The summed E-state index contributed by atoms with van der Waals surface area (Å²) in [6, 6.07) is 10.4. The fourth-order valence-electron chi connectivity index (χ4n) is 3.63. The van der Waals surface area contributed by atoms with Gasteiger partial charge < -0.3 is 13.9 Å². The Bertz CT molecular complexity index is 618. The quantitative estimate of drug-likeness (QED) is 0.860. The average molecular weight is 330 g/mol. The van der Waals surface area contributed by atoms with Gasteiger partial charge in [0.05, 0.1) is 25.9 Å². The van der Waals surface area contributed by atoms with Gasteiger partial charge in [-0.1, -0.05) is 18.2 Å². The highest BCUT2D eigenvalue weighted by Crippen LogP contribution is 2.21. The molecule has 2 aliphatic heterocycles. The first kappa shape index (κ1) is 16.1. The summed E-state index contributed by atoms with van der Waals surface area (Å²) in [5.74, 6) is 1.04. The van der Waals surface area contributed by atoms with E-state index in [9.17, 15) is 0 Å². The Morgan fingerprint density at radius 2 is 1.88 bits per heavy atom. The molecule has 0 N–H and O–H groups in total. The maximum Gasteiger partial charge on any atom is 0.134 e. The first-order valence-corrected chi connectivity index (χ1v) is 8.98. The number of rotatable bonds is 4. The number of para-hydroxylation sites is 1. The Morgan fingerprint density at radius 3 is 2.75 bits per heavy atom. The average Bonchev–Trinajstić information content (AvgIpc) is 2.88. The number of ether oxygens (including phenoxy) is 2. The van der Waals surface area contributed by atoms with E-state index >= 15 is 0 Å². The zero-order valence-electron chi connectivity index (χ0n) is 14.2. The van der Waals surface area contributed by atoms with Crippen molar-refractivity contribution in [1.82, 2.24) is 9.80 Å². The maximum absolute atomic E-state index is 6.08. The first-order chi connectivity index (χ1) is 11.9. The zero-order valence-corrected chi connectivity index (χ0v) is 14.2. The molecule has 130 valence electrons. The van der Waals surface area contributed by atoms with Gasteiger partial charge in [-0.3, -0.25) is 9.80 Å². The van der Waals surface area contributed by atoms with E-state index in [4.69, 9.17) is 13.9 Å². The standard InChI is InChI=1S/C19H26N2O3/c1-2-5-19-16(4-1)12-17(24-19)13-21-6-3-9-23-18(15-21)14-20-7-10-22-11-8-20/h1-2,4-5,12,18H,3,6-11,13-15H2/t18-/m0/s1. The van der Waals surface area contributed by atoms with Crippen LogP contribution in [0.3, 0.4) is 0 Å². The molecule has 5 nitrogen and oxygen atoms in total. The molecule has 0 aliphatic carbocycles. The number of nitrogens with zero attached hydrogens (tertiary/aromatic N) is 2. The molecule has 5 heteroatoms. The van der Waals surface area contributed by atoms with Crippen molar-refractivity contribution in [2.24, 2.45) is 0 Å². The van der Waals surface area contributed by atoms with Gasteiger partial charge in [0.25, 0.3) is 0 Å². The normalized spacial score (nSPS) is 24.2. The lowest BCUT2D eigenvalue weighted by atomic mass is 10.2. The summed E-state index contributed by atoms with van der Waals surface area (Å²) in [7, 11) is 0. The van der Waals surface area contributed by atoms with E-state index < -0.39 is 0 Å². The third-order valence-corrected chi connectivity index (χ3v) is 4.86. The van der Waals surface area contributed by atoms with Crippen molar-refractivity contribution in [3.63, 3.8) is 0 Å². The molecule has 0 bridgehead atoms. The van der Waals surface area contributed by atoms with E-state index in [1.807, 2.05) is 12.1 Å². The van der Waals surface area contributed by atoms with E-state index in [-0.39, 0.29) is 6.10 Å². The minimum absolute atomic E-state index is 0.273. The molecule has 2 saturated heterocycles. The number of hydrogen-bond donors (Lipinski definition) is 0. The summed E-state index contributed by atoms with van der Waals surface area (Å²) in [6.45, 7) is 8.46. The number of furan rings is 1. The van der Waals surface area contributed by atoms with Crippen LogP contribution in [0, 0.1) is 0 Å². The van der Waals surface area contributed by atoms with Crippen LogP contribution < -0.4 is 0 Å². The summed E-state index contributed by atoms with van der Waals surface area (Å²) in [4.78, 5) is 4.93. The van der Waals surface area contributed by atoms with E-state index in [2.05, 4.69) is 28.0 Å². The molecule has 2 aliphatic rings. The van der Waals surface area contributed by atoms with Crippen molar-refractivity contribution in [2.45, 2.75) is 19.1 Å². The first-order valence-electron chi connectivity index (χ1n) is 8.98. The highest BCUT2D eigenvalue weighted by Gasteiger charge is 2.23. The van der Waals surface area contributed by atoms with Crippen LogP contribution in [0.2, 0.25) is 0 Å². The Balaban J connectivity index is 1.38. The molecule has 0 saturated carbocycles. The highest BCUT2D eigenvalue weighted by molar-refractivity contribution is 5.77. The van der Waals surface area contributed by atoms with E-state index in [0.717, 1.165) is 76.9 Å². The van der Waals surface area contributed by atoms with E-state index in [1.54, 1.807) is 0 Å². The topological polar surface area (TPSA) is 38.1 Å². The predicted octanol–water partition coefficient (Wildman–Crippen LogP) is 2.36. The van der Waals surface area contributed by atoms with Crippen molar-refractivity contribution in [3.05, 3.63) is 36.1 Å². The number of benzene rings is 1. The molecule has 4 rings (SSSR count). The maximum atomic E-state index is 6.08. The fraction of sp³-hybridized carbons (Fsp3) is 0.579. The molecule has 0 radical (unpaired) electrons. The molecule has 2 aromatic rings. The lowest BCUT2D eigenvalue weighted by Gasteiger charge is -2.31. The van der Waals surface area contributed by atoms with Crippen LogP contribution in [0.15, 0.2) is 34.7 Å². The van der Waals surface area contributed by atoms with Crippen LogP contribution in [-0.2, 0) is 16.0 Å². The second-order valence-electron chi connectivity index (χ2n) is 6.74. The predicted molar refractivity (Wildman–Crippen MR) is 93.1 cm³/mol. The van der Waals surface area contributed by atoms with Crippen molar-refractivity contribution < 1.29 is 13.9 Å². The zero-order chi connectivity index (χ0) is 16.2. The number of fused-ring (bicyclic) bond motifs is 1. The Kier molecular flexibility index (Phi) is 5.13. The van der Waals surface area contributed by atoms with Gasteiger partial charge in [-0.25, -0.2) is 0 Å². The second kappa shape index (κ2) is 7.66. The molecular formula is C19H26N2O3. The lowest BCUT2D eigenvalue weighted by Crippen LogP contribution is -2.44. The molecule has 1 atom stereocenters. The SMILES string of the molecule is c1ccc2oc(CN3CCCO[C@@H](CN4CCOCC4)C3)cc2c1. The van der Waals surface area contributed by atoms with Crippen molar-refractivity contribution in [2.75, 3.05) is 52.5 Å². The molecule has 24 heavy (non-hydrogen) atoms. The largest absolute Gasteiger partial charge is 0.460 e. The monoisotopic (exact) mass is 330 g/mol. The van der Waals surface area contributed by atoms with Gasteiger partial charge in [-0.15, -0.1) is 0 Å². The van der Waals surface area contributed by atoms with Gasteiger partial charge in [0.1, 0.15) is 11.3 Å². The fourth-order valence-corrected chi connectivity index (χ4v) is 3.63. The van der Waals surface area contributed by atoms with Gasteiger partial charge in [-0.2, -0.15) is 0 Å². The van der Waals surface area contributed by atoms with Crippen molar-refractivity contribution in [1.29, 1.82) is 0 Å². The van der Waals surface area contributed by atoms with Gasteiger partial charge in [-0.05, 0) is 18.6 Å². The Morgan fingerprint density at radius 1 is 1.00 bits per heavy atom. The molecule has 0 spiro atoms. The van der Waals surface area contributed by atoms with Crippen LogP contribution in [0.25, 0.3) is 11.0 Å². The van der Waals surface area contributed by atoms with Crippen molar-refractivity contribution >= 4 is 11.0 Å². The van der Waals surface area contributed by atoms with Crippen LogP contribution in [0.4, 0.5) is 0 Å². The minimum atomic E-state index is 0.273. The van der Waals surface area contributed by atoms with Gasteiger partial charge >= 0.3 is 0 Å². The summed E-state index contributed by atoms with van der Waals surface area (Å²) in [5, 5.41) is 1.18. The third-order valence-electron chi connectivity index (χ3n) is 4.86. The Labute approximate surface area is 143 Å². The highest BCUT2D eigenvalue weighted by atomic mass is 16.5. The van der Waals surface area contributed by atoms with E-state index in [1.165, 1.54) is 5.39 Å². The van der Waals surface area contributed by atoms with Gasteiger partial charge in [0.2, 0.25) is 0 Å². The number of hydrogen-bond acceptors (Lipinski definition) is 5. The van der Waals surface area contributed by atoms with Crippen LogP contribution in [-0.4, -0.2) is 68.4 Å². The molecule has 0 unspecified atom stereocenters. The number of morpholine rings is 1. The minimum Gasteiger partial charge on any atom is -0.460 e. The van der Waals surface area contributed by atoms with Crippen LogP contribution >= 0.6 is 0 Å². The molecule has 3 heterocycles. The van der Waals surface area contributed by atoms with Crippen molar-refractivity contribution in [3.8, 4) is 0 Å². The smallest absolute Gasteiger partial charge is 0.134 e. The third kappa shape index (κ3) is 3.98. The summed E-state index contributed by atoms with van der Waals surface area (Å²) >= 11 is 0. The Hall–Kier alpha value is -1.40. The van der Waals surface area contributed by atoms with Crippen LogP contribution in [0.5, 0.6) is 0 Å². The summed E-state index contributed by atoms with van der Waals surface area (Å²) in [5.41, 5.74) is 0.975. The molecule has 2 fully saturated rings. The van der Waals surface area contributed by atoms with Gasteiger partial charge in [0.15, 0.2) is 0 Å². The summed E-state index contributed by atoms with van der Waals surface area (Å²) < 4.78 is 17.5. The molecule has 1 aromatic heterocycles. The lowest BCUT2D eigenvalue weighted by molar-refractivity contribution is -0.0125. The van der Waals surface area contributed by atoms with Crippen LogP contribution in [0.1, 0.15) is 12.2 Å². The van der Waals surface area contributed by atoms with Gasteiger partial charge in [0, 0.05) is 44.7 Å². The molecule has 1 aromatic carbocycles.